The number of hydrogen-bond acceptors (Lipinski definition) is 8. The fourth-order valence-corrected chi connectivity index (χ4v) is 6.74. The van der Waals surface area contributed by atoms with Crippen LogP contribution in [-0.4, -0.2) is 55.7 Å². The van der Waals surface area contributed by atoms with Gasteiger partial charge in [-0.3, -0.25) is 28.4 Å². The molecule has 0 fully saturated rings. The fourth-order valence-electron chi connectivity index (χ4n) is 5.90. The first kappa shape index (κ1) is 31.3. The zero-order chi connectivity index (χ0) is 34.4. The molecule has 2 aromatic carbocycles. The number of aromatic nitrogens is 6. The standard InChI is InChI=1S/C33H28N10O5S/c1-4-36-49(47,48)40-29-27(30-34-15-8-16-42(30)39-29)32(45)37-19(2)28-26-25-23(38-31(26)44)14-13-21(12-11-20-17-35-41(3)18-20)24(25)33(46)43(28)22-9-6-5-7-10-22/h5-10,13-19,36H,4H2,1-3H3,(H,37,45)(H,38,44)(H,39,40)/t19-/m0/s1. The summed E-state index contributed by atoms with van der Waals surface area (Å²) in [5.74, 6) is 4.66. The molecular weight excluding hydrogens is 648 g/mol. The number of hydrogen-bond donors (Lipinski definition) is 4. The van der Waals surface area contributed by atoms with Crippen LogP contribution in [0, 0.1) is 11.8 Å². The van der Waals surface area contributed by atoms with E-state index in [-0.39, 0.29) is 40.2 Å². The Morgan fingerprint density at radius 2 is 1.86 bits per heavy atom. The third-order valence-corrected chi connectivity index (χ3v) is 8.98. The molecule has 4 aromatic heterocycles. The predicted molar refractivity (Wildman–Crippen MR) is 182 cm³/mol. The van der Waals surface area contributed by atoms with E-state index in [1.807, 2.05) is 0 Å². The van der Waals surface area contributed by atoms with Crippen molar-refractivity contribution < 1.29 is 18.0 Å². The fraction of sp³-hybridized carbons (Fsp3) is 0.152. The number of nitrogens with one attached hydrogen (secondary N) is 4. The Morgan fingerprint density at radius 3 is 2.59 bits per heavy atom. The Balaban J connectivity index is 1.40. The maximum absolute atomic E-state index is 14.6. The Morgan fingerprint density at radius 1 is 1.06 bits per heavy atom. The zero-order valence-corrected chi connectivity index (χ0v) is 27.2. The highest BCUT2D eigenvalue weighted by Gasteiger charge is 2.34. The molecule has 5 heterocycles. The van der Waals surface area contributed by atoms with Gasteiger partial charge in [0.25, 0.3) is 27.6 Å². The number of para-hydroxylation sites is 1. The van der Waals surface area contributed by atoms with Crippen LogP contribution in [0.5, 0.6) is 0 Å². The number of aryl methyl sites for hydroxylation is 1. The van der Waals surface area contributed by atoms with Crippen molar-refractivity contribution in [1.29, 1.82) is 0 Å². The molecule has 1 aliphatic heterocycles. The number of carbonyl (C=O) groups excluding carboxylic acids is 2. The predicted octanol–water partition coefficient (Wildman–Crippen LogP) is 2.49. The second-order valence-electron chi connectivity index (χ2n) is 11.2. The molecule has 4 N–H and O–H groups in total. The van der Waals surface area contributed by atoms with Crippen LogP contribution in [0.2, 0.25) is 0 Å². The second-order valence-corrected chi connectivity index (χ2v) is 12.7. The van der Waals surface area contributed by atoms with Gasteiger partial charge in [0.15, 0.2) is 11.5 Å². The summed E-state index contributed by atoms with van der Waals surface area (Å²) < 4.78 is 34.1. The summed E-state index contributed by atoms with van der Waals surface area (Å²) in [4.78, 5) is 46.7. The Labute approximate surface area is 279 Å². The largest absolute Gasteiger partial charge is 0.344 e. The summed E-state index contributed by atoms with van der Waals surface area (Å²) in [7, 11) is -2.30. The minimum Gasteiger partial charge on any atom is -0.344 e. The van der Waals surface area contributed by atoms with Gasteiger partial charge in [0.2, 0.25) is 0 Å². The van der Waals surface area contributed by atoms with Crippen LogP contribution in [0.15, 0.2) is 78.1 Å². The summed E-state index contributed by atoms with van der Waals surface area (Å²) in [6.45, 7) is 3.34. The first-order valence-electron chi connectivity index (χ1n) is 15.1. The van der Waals surface area contributed by atoms with E-state index in [1.54, 1.807) is 86.5 Å². The molecule has 49 heavy (non-hydrogen) atoms. The highest BCUT2D eigenvalue weighted by atomic mass is 32.2. The van der Waals surface area contributed by atoms with E-state index >= 15 is 0 Å². The Hall–Kier alpha value is -6.31. The molecular formula is C33H28N10O5S. The van der Waals surface area contributed by atoms with Crippen LogP contribution >= 0.6 is 0 Å². The highest BCUT2D eigenvalue weighted by Crippen LogP contribution is 2.38. The van der Waals surface area contributed by atoms with Crippen molar-refractivity contribution in [3.8, 4) is 17.5 Å². The van der Waals surface area contributed by atoms with Crippen LogP contribution in [0.4, 0.5) is 11.5 Å². The minimum absolute atomic E-state index is 0.0850. The Kier molecular flexibility index (Phi) is 7.70. The molecule has 15 nitrogen and oxygen atoms in total. The molecule has 1 atom stereocenters. The average molecular weight is 677 g/mol. The number of carbonyl (C=O) groups is 2. The molecule has 7 rings (SSSR count). The Bertz CT molecular complexity index is 2560. The van der Waals surface area contributed by atoms with Gasteiger partial charge in [-0.15, -0.1) is 5.10 Å². The van der Waals surface area contributed by atoms with E-state index in [0.29, 0.717) is 27.9 Å². The van der Waals surface area contributed by atoms with Crippen LogP contribution in [0.3, 0.4) is 0 Å². The lowest BCUT2D eigenvalue weighted by Crippen LogP contribution is -2.35. The van der Waals surface area contributed by atoms with Crippen molar-refractivity contribution >= 4 is 49.9 Å². The number of amides is 2. The van der Waals surface area contributed by atoms with E-state index < -0.39 is 33.6 Å². The maximum Gasteiger partial charge on any atom is 0.300 e. The van der Waals surface area contributed by atoms with Crippen LogP contribution in [0.1, 0.15) is 57.4 Å². The van der Waals surface area contributed by atoms with Crippen molar-refractivity contribution in [2.45, 2.75) is 19.9 Å². The normalized spacial score (nSPS) is 12.8. The molecule has 0 saturated carbocycles. The van der Waals surface area contributed by atoms with Gasteiger partial charge >= 0.3 is 0 Å². The third kappa shape index (κ3) is 5.56. The molecule has 1 aliphatic rings. The topological polar surface area (TPSA) is 186 Å². The first-order valence-corrected chi connectivity index (χ1v) is 16.6. The highest BCUT2D eigenvalue weighted by molar-refractivity contribution is 7.90. The van der Waals surface area contributed by atoms with Gasteiger partial charge in [0, 0.05) is 48.8 Å². The molecule has 246 valence electrons. The van der Waals surface area contributed by atoms with Crippen molar-refractivity contribution in [3.63, 3.8) is 0 Å². The van der Waals surface area contributed by atoms with Gasteiger partial charge in [0.05, 0.1) is 40.1 Å². The lowest BCUT2D eigenvalue weighted by atomic mass is 9.97. The summed E-state index contributed by atoms with van der Waals surface area (Å²) in [5, 5.41) is 14.7. The van der Waals surface area contributed by atoms with Gasteiger partial charge in [-0.05, 0) is 37.3 Å². The van der Waals surface area contributed by atoms with E-state index in [2.05, 4.69) is 47.1 Å². The smallest absolute Gasteiger partial charge is 0.300 e. The second kappa shape index (κ2) is 12.0. The number of anilines is 2. The van der Waals surface area contributed by atoms with E-state index in [9.17, 15) is 22.8 Å². The number of rotatable bonds is 8. The minimum atomic E-state index is -4.08. The number of pyridine rings is 1. The summed E-state index contributed by atoms with van der Waals surface area (Å²) >= 11 is 0. The van der Waals surface area contributed by atoms with E-state index in [0.717, 1.165) is 0 Å². The van der Waals surface area contributed by atoms with Crippen LogP contribution < -0.4 is 25.6 Å². The molecule has 0 spiro atoms. The average Bonchev–Trinajstić information content (AvgIpc) is 3.75. The first-order chi connectivity index (χ1) is 23.6. The molecule has 0 aliphatic carbocycles. The molecule has 16 heteroatoms. The molecule has 0 unspecified atom stereocenters. The summed E-state index contributed by atoms with van der Waals surface area (Å²) in [5.41, 5.74) is 1.83. The van der Waals surface area contributed by atoms with Crippen LogP contribution in [0.25, 0.3) is 22.1 Å². The molecule has 2 amide bonds. The summed E-state index contributed by atoms with van der Waals surface area (Å²) in [6.07, 6.45) is 6.32. The number of fused-ring (bicyclic) bond motifs is 1. The van der Waals surface area contributed by atoms with Gasteiger partial charge in [-0.2, -0.15) is 18.2 Å². The van der Waals surface area contributed by atoms with Crippen molar-refractivity contribution in [1.82, 2.24) is 39.0 Å². The molecule has 0 radical (unpaired) electrons. The molecule has 0 saturated heterocycles. The number of nitrogens with zero attached hydrogens (tertiary/aromatic N) is 6. The lowest BCUT2D eigenvalue weighted by molar-refractivity contribution is 0.0937. The van der Waals surface area contributed by atoms with Crippen LogP contribution in [-0.2, 0) is 17.3 Å². The van der Waals surface area contributed by atoms with Gasteiger partial charge in [0.1, 0.15) is 5.56 Å². The monoisotopic (exact) mass is 676 g/mol. The van der Waals surface area contributed by atoms with E-state index in [4.69, 9.17) is 0 Å². The van der Waals surface area contributed by atoms with Crippen molar-refractivity contribution in [2.75, 3.05) is 16.6 Å². The molecule has 0 bridgehead atoms. The molecule has 6 aromatic rings. The zero-order valence-electron chi connectivity index (χ0n) is 26.3. The number of benzene rings is 2. The third-order valence-electron chi connectivity index (χ3n) is 7.85. The van der Waals surface area contributed by atoms with Gasteiger partial charge < -0.3 is 10.6 Å². The summed E-state index contributed by atoms with van der Waals surface area (Å²) in [6, 6.07) is 12.7. The maximum atomic E-state index is 14.6. The van der Waals surface area contributed by atoms with Crippen molar-refractivity contribution in [2.24, 2.45) is 7.05 Å². The quantitative estimate of drug-likeness (QED) is 0.177. The van der Waals surface area contributed by atoms with E-state index in [1.165, 1.54) is 21.5 Å². The SMILES string of the molecule is CCNS(=O)(=O)Nc1nn2cccnc2c1C(=O)N[C@@H](C)c1c2c3c(ccc(C#Cc4cnn(C)c4)c3c(=O)n1-c1ccccc1)NC2=O. The van der Waals surface area contributed by atoms with Crippen molar-refractivity contribution in [3.05, 3.63) is 112 Å². The van der Waals surface area contributed by atoms with Gasteiger partial charge in [-0.1, -0.05) is 37.0 Å². The van der Waals surface area contributed by atoms with Gasteiger partial charge in [-0.25, -0.2) is 9.50 Å². The lowest BCUT2D eigenvalue weighted by Gasteiger charge is -2.23.